The molecule has 1 heterocycles. The van der Waals surface area contributed by atoms with Crippen molar-refractivity contribution in [3.8, 4) is 0 Å². The van der Waals surface area contributed by atoms with Gasteiger partial charge in [-0.25, -0.2) is 0 Å². The van der Waals surface area contributed by atoms with Crippen molar-refractivity contribution in [2.24, 2.45) is 0 Å². The maximum absolute atomic E-state index is 11.2. The van der Waals surface area contributed by atoms with Crippen LogP contribution in [0.3, 0.4) is 0 Å². The zero-order valence-corrected chi connectivity index (χ0v) is 11.5. The van der Waals surface area contributed by atoms with Gasteiger partial charge in [-0.15, -0.1) is 0 Å². The van der Waals surface area contributed by atoms with E-state index >= 15 is 0 Å². The molecule has 1 aliphatic carbocycles. The smallest absolute Gasteiger partial charge is 0.0922 e. The van der Waals surface area contributed by atoms with Gasteiger partial charge in [0.15, 0.2) is 0 Å². The Kier molecular flexibility index (Phi) is 2.69. The SMILES string of the molecule is OC1(C2NCCc3ccccc32)Cc2ccccc2C1. The van der Waals surface area contributed by atoms with Gasteiger partial charge in [-0.05, 0) is 35.2 Å². The van der Waals surface area contributed by atoms with Crippen molar-refractivity contribution >= 4 is 0 Å². The largest absolute Gasteiger partial charge is 0.387 e. The highest BCUT2D eigenvalue weighted by atomic mass is 16.3. The second-order valence-corrected chi connectivity index (χ2v) is 6.06. The van der Waals surface area contributed by atoms with E-state index in [1.807, 2.05) is 0 Å². The molecule has 0 saturated carbocycles. The number of nitrogens with one attached hydrogen (secondary N) is 1. The molecule has 4 rings (SSSR count). The van der Waals surface area contributed by atoms with Crippen molar-refractivity contribution < 1.29 is 5.11 Å². The molecule has 0 bridgehead atoms. The first-order valence-corrected chi connectivity index (χ1v) is 7.37. The molecule has 0 spiro atoms. The van der Waals surface area contributed by atoms with E-state index in [0.717, 1.165) is 25.8 Å². The Morgan fingerprint density at radius 3 is 2.20 bits per heavy atom. The molecule has 1 aliphatic heterocycles. The molecule has 1 unspecified atom stereocenters. The molecule has 1 atom stereocenters. The lowest BCUT2D eigenvalue weighted by Crippen LogP contribution is -2.47. The van der Waals surface area contributed by atoms with Crippen LogP contribution in [0.5, 0.6) is 0 Å². The zero-order valence-electron chi connectivity index (χ0n) is 11.5. The van der Waals surface area contributed by atoms with Crippen molar-refractivity contribution in [3.63, 3.8) is 0 Å². The molecule has 0 amide bonds. The van der Waals surface area contributed by atoms with E-state index in [2.05, 4.69) is 53.8 Å². The van der Waals surface area contributed by atoms with Crippen molar-refractivity contribution in [2.45, 2.75) is 30.9 Å². The molecule has 0 fully saturated rings. The molecule has 0 radical (unpaired) electrons. The predicted octanol–water partition coefficient (Wildman–Crippen LogP) is 2.40. The van der Waals surface area contributed by atoms with Crippen molar-refractivity contribution in [1.29, 1.82) is 0 Å². The van der Waals surface area contributed by atoms with Crippen LogP contribution in [0.2, 0.25) is 0 Å². The lowest BCUT2D eigenvalue weighted by atomic mass is 9.81. The summed E-state index contributed by atoms with van der Waals surface area (Å²) >= 11 is 0. The van der Waals surface area contributed by atoms with Crippen LogP contribution in [0, 0.1) is 0 Å². The molecule has 2 heteroatoms. The monoisotopic (exact) mass is 265 g/mol. The zero-order chi connectivity index (χ0) is 13.6. The predicted molar refractivity (Wildman–Crippen MR) is 79.7 cm³/mol. The van der Waals surface area contributed by atoms with Crippen LogP contribution in [0.4, 0.5) is 0 Å². The van der Waals surface area contributed by atoms with Gasteiger partial charge in [0.2, 0.25) is 0 Å². The van der Waals surface area contributed by atoms with Crippen molar-refractivity contribution in [1.82, 2.24) is 5.32 Å². The van der Waals surface area contributed by atoms with Gasteiger partial charge >= 0.3 is 0 Å². The number of benzene rings is 2. The third-order valence-electron chi connectivity index (χ3n) is 4.76. The fourth-order valence-corrected chi connectivity index (χ4v) is 3.81. The Hall–Kier alpha value is -1.64. The summed E-state index contributed by atoms with van der Waals surface area (Å²) in [5.74, 6) is 0. The summed E-state index contributed by atoms with van der Waals surface area (Å²) in [6.07, 6.45) is 2.54. The fourth-order valence-electron chi connectivity index (χ4n) is 3.81. The van der Waals surface area contributed by atoms with Crippen LogP contribution in [0.1, 0.15) is 28.3 Å². The Labute approximate surface area is 119 Å². The van der Waals surface area contributed by atoms with Gasteiger partial charge in [0.25, 0.3) is 0 Å². The molecule has 0 saturated heterocycles. The highest BCUT2D eigenvalue weighted by Crippen LogP contribution is 2.40. The van der Waals surface area contributed by atoms with Crippen molar-refractivity contribution in [3.05, 3.63) is 70.8 Å². The van der Waals surface area contributed by atoms with Crippen LogP contribution in [-0.4, -0.2) is 17.3 Å². The molecular weight excluding hydrogens is 246 g/mol. The van der Waals surface area contributed by atoms with Crippen LogP contribution < -0.4 is 5.32 Å². The summed E-state index contributed by atoms with van der Waals surface area (Å²) in [6.45, 7) is 0.945. The molecule has 2 N–H and O–H groups in total. The Morgan fingerprint density at radius 2 is 1.50 bits per heavy atom. The molecule has 102 valence electrons. The van der Waals surface area contributed by atoms with E-state index in [4.69, 9.17) is 0 Å². The summed E-state index contributed by atoms with van der Waals surface area (Å²) in [4.78, 5) is 0. The highest BCUT2D eigenvalue weighted by molar-refractivity contribution is 5.41. The first-order valence-electron chi connectivity index (χ1n) is 7.37. The highest BCUT2D eigenvalue weighted by Gasteiger charge is 2.44. The normalized spacial score (nSPS) is 23.1. The molecule has 20 heavy (non-hydrogen) atoms. The fraction of sp³-hybridized carbons (Fsp3) is 0.333. The van der Waals surface area contributed by atoms with Gasteiger partial charge in [0.1, 0.15) is 0 Å². The van der Waals surface area contributed by atoms with Crippen LogP contribution >= 0.6 is 0 Å². The number of aliphatic hydroxyl groups is 1. The van der Waals surface area contributed by atoms with Crippen molar-refractivity contribution in [2.75, 3.05) is 6.54 Å². The molecular formula is C18H19NO. The van der Waals surface area contributed by atoms with Gasteiger partial charge in [-0.2, -0.15) is 0 Å². The lowest BCUT2D eigenvalue weighted by molar-refractivity contribution is 0.00813. The van der Waals surface area contributed by atoms with Crippen LogP contribution in [-0.2, 0) is 19.3 Å². The molecule has 2 nitrogen and oxygen atoms in total. The van der Waals surface area contributed by atoms with E-state index in [-0.39, 0.29) is 6.04 Å². The summed E-state index contributed by atoms with van der Waals surface area (Å²) in [7, 11) is 0. The standard InChI is InChI=1S/C18H19NO/c20-18(11-14-6-1-2-7-15(14)12-18)17-16-8-4-3-5-13(16)9-10-19-17/h1-8,17,19-20H,9-12H2. The molecule has 0 aromatic heterocycles. The topological polar surface area (TPSA) is 32.3 Å². The van der Waals surface area contributed by atoms with Gasteiger partial charge in [-0.3, -0.25) is 0 Å². The second kappa shape index (κ2) is 4.44. The first kappa shape index (κ1) is 12.1. The van der Waals surface area contributed by atoms with E-state index in [1.54, 1.807) is 0 Å². The number of hydrogen-bond donors (Lipinski definition) is 2. The Morgan fingerprint density at radius 1 is 0.900 bits per heavy atom. The minimum atomic E-state index is -0.694. The Bertz CT molecular complexity index is 624. The lowest BCUT2D eigenvalue weighted by Gasteiger charge is -2.37. The second-order valence-electron chi connectivity index (χ2n) is 6.06. The number of rotatable bonds is 1. The first-order chi connectivity index (χ1) is 9.76. The van der Waals surface area contributed by atoms with Gasteiger partial charge in [-0.1, -0.05) is 48.5 Å². The van der Waals surface area contributed by atoms with Gasteiger partial charge in [0, 0.05) is 12.8 Å². The maximum atomic E-state index is 11.2. The van der Waals surface area contributed by atoms with E-state index < -0.39 is 5.60 Å². The quantitative estimate of drug-likeness (QED) is 0.830. The maximum Gasteiger partial charge on any atom is 0.0922 e. The Balaban J connectivity index is 1.73. The van der Waals surface area contributed by atoms with Gasteiger partial charge < -0.3 is 10.4 Å². The third kappa shape index (κ3) is 1.80. The van der Waals surface area contributed by atoms with Crippen LogP contribution in [0.15, 0.2) is 48.5 Å². The van der Waals surface area contributed by atoms with Crippen LogP contribution in [0.25, 0.3) is 0 Å². The number of hydrogen-bond acceptors (Lipinski definition) is 2. The van der Waals surface area contributed by atoms with E-state index in [9.17, 15) is 5.11 Å². The summed E-state index contributed by atoms with van der Waals surface area (Å²) < 4.78 is 0. The average molecular weight is 265 g/mol. The van der Waals surface area contributed by atoms with E-state index in [0.29, 0.717) is 0 Å². The minimum absolute atomic E-state index is 0.0415. The summed E-state index contributed by atoms with van der Waals surface area (Å²) in [5, 5.41) is 14.8. The summed E-state index contributed by atoms with van der Waals surface area (Å²) in [6, 6.07) is 17.0. The summed E-state index contributed by atoms with van der Waals surface area (Å²) in [5.41, 5.74) is 4.54. The molecule has 2 aliphatic rings. The van der Waals surface area contributed by atoms with Gasteiger partial charge in [0.05, 0.1) is 11.6 Å². The minimum Gasteiger partial charge on any atom is -0.387 e. The average Bonchev–Trinajstić information content (AvgIpc) is 2.84. The third-order valence-corrected chi connectivity index (χ3v) is 4.76. The van der Waals surface area contributed by atoms with E-state index in [1.165, 1.54) is 22.3 Å². The number of fused-ring (bicyclic) bond motifs is 2. The molecule has 2 aromatic carbocycles. The molecule has 2 aromatic rings.